The minimum Gasteiger partial charge on any atom is -0.352 e. The molecule has 120 valence electrons. The maximum absolute atomic E-state index is 12.1. The molecule has 2 aromatic heterocycles. The topological polar surface area (TPSA) is 59.8 Å². The van der Waals surface area contributed by atoms with E-state index in [-0.39, 0.29) is 11.8 Å². The van der Waals surface area contributed by atoms with E-state index in [0.717, 1.165) is 42.0 Å². The summed E-state index contributed by atoms with van der Waals surface area (Å²) < 4.78 is 1.83. The van der Waals surface area contributed by atoms with Gasteiger partial charge in [-0.3, -0.25) is 4.79 Å². The van der Waals surface area contributed by atoms with Crippen LogP contribution in [0.15, 0.2) is 36.5 Å². The van der Waals surface area contributed by atoms with Crippen molar-refractivity contribution in [3.8, 4) is 5.82 Å². The molecule has 0 saturated carbocycles. The molecule has 5 nitrogen and oxygen atoms in total. The van der Waals surface area contributed by atoms with Gasteiger partial charge in [-0.25, -0.2) is 9.67 Å². The van der Waals surface area contributed by atoms with Crippen LogP contribution in [0.4, 0.5) is 0 Å². The number of hydrogen-bond donors (Lipinski definition) is 1. The second-order valence-corrected chi connectivity index (χ2v) is 6.06. The first-order valence-corrected chi connectivity index (χ1v) is 8.05. The van der Waals surface area contributed by atoms with Crippen molar-refractivity contribution in [1.82, 2.24) is 20.1 Å². The molecule has 23 heavy (non-hydrogen) atoms. The summed E-state index contributed by atoms with van der Waals surface area (Å²) in [5.74, 6) is 1.04. The van der Waals surface area contributed by atoms with E-state index < -0.39 is 0 Å². The maximum Gasteiger partial charge on any atom is 0.223 e. The highest BCUT2D eigenvalue weighted by molar-refractivity contribution is 5.78. The number of nitrogens with one attached hydrogen (secondary N) is 1. The van der Waals surface area contributed by atoms with Gasteiger partial charge >= 0.3 is 0 Å². The van der Waals surface area contributed by atoms with Crippen molar-refractivity contribution in [2.24, 2.45) is 5.92 Å². The van der Waals surface area contributed by atoms with Crippen LogP contribution in [-0.4, -0.2) is 20.7 Å². The van der Waals surface area contributed by atoms with Crippen molar-refractivity contribution in [2.75, 3.05) is 0 Å². The molecular formula is C18H22N4O. The van der Waals surface area contributed by atoms with Gasteiger partial charge in [-0.2, -0.15) is 5.10 Å². The van der Waals surface area contributed by atoms with Crippen LogP contribution in [0.1, 0.15) is 36.2 Å². The van der Waals surface area contributed by atoms with Gasteiger partial charge in [0.05, 0.1) is 5.69 Å². The molecular weight excluding hydrogens is 288 g/mol. The number of aryl methyl sites for hydroxylation is 2. The van der Waals surface area contributed by atoms with E-state index in [0.29, 0.717) is 6.54 Å². The number of carbonyl (C=O) groups is 1. The molecule has 0 unspecified atom stereocenters. The first-order valence-electron chi connectivity index (χ1n) is 8.05. The molecule has 1 atom stereocenters. The molecule has 0 aliphatic heterocycles. The molecule has 1 amide bonds. The monoisotopic (exact) mass is 310 g/mol. The highest BCUT2D eigenvalue weighted by Crippen LogP contribution is 2.18. The second-order valence-electron chi connectivity index (χ2n) is 6.06. The van der Waals surface area contributed by atoms with Gasteiger partial charge in [-0.1, -0.05) is 18.2 Å². The predicted octanol–water partition coefficient (Wildman–Crippen LogP) is 2.86. The summed E-state index contributed by atoms with van der Waals surface area (Å²) in [6.45, 7) is 4.49. The molecule has 2 aromatic rings. The molecule has 0 spiro atoms. The molecule has 0 bridgehead atoms. The van der Waals surface area contributed by atoms with Crippen LogP contribution in [0.25, 0.3) is 5.82 Å². The normalized spacial score (nSPS) is 17.2. The number of rotatable bonds is 4. The van der Waals surface area contributed by atoms with Crippen LogP contribution in [0, 0.1) is 19.8 Å². The lowest BCUT2D eigenvalue weighted by Gasteiger charge is -2.17. The molecule has 3 rings (SSSR count). The fraction of sp³-hybridized carbons (Fsp3) is 0.389. The van der Waals surface area contributed by atoms with Crippen molar-refractivity contribution in [2.45, 2.75) is 39.7 Å². The van der Waals surface area contributed by atoms with Crippen molar-refractivity contribution < 1.29 is 4.79 Å². The smallest absolute Gasteiger partial charge is 0.223 e. The first-order chi connectivity index (χ1) is 11.1. The Hall–Kier alpha value is -2.43. The zero-order valence-corrected chi connectivity index (χ0v) is 13.6. The lowest BCUT2D eigenvalue weighted by molar-refractivity contribution is -0.125. The van der Waals surface area contributed by atoms with Crippen LogP contribution >= 0.6 is 0 Å². The number of aromatic nitrogens is 3. The Morgan fingerprint density at radius 3 is 2.83 bits per heavy atom. The largest absolute Gasteiger partial charge is 0.352 e. The average molecular weight is 310 g/mol. The third-order valence-electron chi connectivity index (χ3n) is 4.14. The number of nitrogens with zero attached hydrogens (tertiary/aromatic N) is 3. The Bertz CT molecular complexity index is 715. The Balaban J connectivity index is 1.60. The minimum absolute atomic E-state index is 0.113. The summed E-state index contributed by atoms with van der Waals surface area (Å²) in [4.78, 5) is 16.6. The summed E-state index contributed by atoms with van der Waals surface area (Å²) >= 11 is 0. The predicted molar refractivity (Wildman–Crippen MR) is 89.2 cm³/mol. The molecule has 0 aromatic carbocycles. The fourth-order valence-corrected chi connectivity index (χ4v) is 2.87. The highest BCUT2D eigenvalue weighted by Gasteiger charge is 2.18. The number of allylic oxidation sites excluding steroid dienone is 2. The van der Waals surface area contributed by atoms with E-state index in [9.17, 15) is 4.79 Å². The van der Waals surface area contributed by atoms with Crippen LogP contribution in [-0.2, 0) is 11.3 Å². The molecule has 0 saturated heterocycles. The maximum atomic E-state index is 12.1. The zero-order valence-electron chi connectivity index (χ0n) is 13.6. The fourth-order valence-electron chi connectivity index (χ4n) is 2.87. The van der Waals surface area contributed by atoms with Gasteiger partial charge in [0.15, 0.2) is 5.82 Å². The van der Waals surface area contributed by atoms with Crippen molar-refractivity contribution >= 4 is 5.91 Å². The standard InChI is InChI=1S/C18H22N4O/c1-13-10-14(2)22(21-13)17-9-8-15(11-19-17)12-20-18(23)16-6-4-3-5-7-16/h3-4,8-11,16H,5-7,12H2,1-2H3,(H,20,23)/t16-/m0/s1. The summed E-state index contributed by atoms with van der Waals surface area (Å²) in [5, 5.41) is 7.43. The van der Waals surface area contributed by atoms with Gasteiger partial charge in [-0.05, 0) is 50.8 Å². The Labute approximate surface area is 136 Å². The highest BCUT2D eigenvalue weighted by atomic mass is 16.1. The Morgan fingerprint density at radius 2 is 2.22 bits per heavy atom. The van der Waals surface area contributed by atoms with Crippen molar-refractivity contribution in [1.29, 1.82) is 0 Å². The average Bonchev–Trinajstić information content (AvgIpc) is 2.92. The van der Waals surface area contributed by atoms with E-state index >= 15 is 0 Å². The van der Waals surface area contributed by atoms with E-state index in [4.69, 9.17) is 0 Å². The van der Waals surface area contributed by atoms with Gasteiger partial charge in [-0.15, -0.1) is 0 Å². The SMILES string of the molecule is Cc1cc(C)n(-c2ccc(CNC(=O)[C@H]3CC=CCC3)cn2)n1. The molecule has 5 heteroatoms. The summed E-state index contributed by atoms with van der Waals surface area (Å²) in [5.41, 5.74) is 3.03. The quantitative estimate of drug-likeness (QED) is 0.883. The lowest BCUT2D eigenvalue weighted by Crippen LogP contribution is -2.30. The summed E-state index contributed by atoms with van der Waals surface area (Å²) in [7, 11) is 0. The van der Waals surface area contributed by atoms with Crippen LogP contribution in [0.3, 0.4) is 0 Å². The van der Waals surface area contributed by atoms with Gasteiger partial charge < -0.3 is 5.32 Å². The van der Waals surface area contributed by atoms with Crippen molar-refractivity contribution in [3.63, 3.8) is 0 Å². The molecule has 1 N–H and O–H groups in total. The number of amides is 1. The van der Waals surface area contributed by atoms with Crippen molar-refractivity contribution in [3.05, 3.63) is 53.5 Å². The second kappa shape index (κ2) is 6.77. The molecule has 1 aliphatic carbocycles. The third-order valence-corrected chi connectivity index (χ3v) is 4.14. The summed E-state index contributed by atoms with van der Waals surface area (Å²) in [6, 6.07) is 5.94. The minimum atomic E-state index is 0.113. The van der Waals surface area contributed by atoms with Gasteiger partial charge in [0, 0.05) is 24.4 Å². The Morgan fingerprint density at radius 1 is 1.35 bits per heavy atom. The molecule has 0 radical (unpaired) electrons. The Kier molecular flexibility index (Phi) is 4.55. The van der Waals surface area contributed by atoms with E-state index in [1.54, 1.807) is 6.20 Å². The number of pyridine rings is 1. The molecule has 2 heterocycles. The van der Waals surface area contributed by atoms with Crippen LogP contribution in [0.5, 0.6) is 0 Å². The van der Waals surface area contributed by atoms with E-state index in [1.807, 2.05) is 36.7 Å². The van der Waals surface area contributed by atoms with Crippen LogP contribution in [0.2, 0.25) is 0 Å². The number of hydrogen-bond acceptors (Lipinski definition) is 3. The number of carbonyl (C=O) groups excluding carboxylic acids is 1. The lowest BCUT2D eigenvalue weighted by atomic mass is 9.93. The molecule has 1 aliphatic rings. The third kappa shape index (κ3) is 3.67. The zero-order chi connectivity index (χ0) is 16.2. The van der Waals surface area contributed by atoms with Gasteiger partial charge in [0.25, 0.3) is 0 Å². The molecule has 0 fully saturated rings. The van der Waals surface area contributed by atoms with E-state index in [2.05, 4.69) is 27.6 Å². The summed E-state index contributed by atoms with van der Waals surface area (Å²) in [6.07, 6.45) is 8.83. The van der Waals surface area contributed by atoms with Gasteiger partial charge in [0.1, 0.15) is 0 Å². The van der Waals surface area contributed by atoms with E-state index in [1.165, 1.54) is 0 Å². The van der Waals surface area contributed by atoms with Crippen LogP contribution < -0.4 is 5.32 Å². The first kappa shape index (κ1) is 15.5. The van der Waals surface area contributed by atoms with Gasteiger partial charge in [0.2, 0.25) is 5.91 Å².